The normalized spacial score (nSPS) is 10.3. The molecule has 0 amide bonds. The van der Waals surface area contributed by atoms with Gasteiger partial charge in [0.15, 0.2) is 0 Å². The van der Waals surface area contributed by atoms with Crippen molar-refractivity contribution in [2.45, 2.75) is 21.3 Å². The topological polar surface area (TPSA) is 18.5 Å². The second kappa shape index (κ2) is 12.3. The lowest BCUT2D eigenvalue weighted by Crippen LogP contribution is -1.87. The first-order valence-corrected chi connectivity index (χ1v) is 12.9. The van der Waals surface area contributed by atoms with Gasteiger partial charge in [-0.1, -0.05) is 60.4 Å². The standard InChI is InChI=1S/C30H26O2S2/c1-31-27-17-11-23(12-18-27)21-33-29-9-5-3-7-25(29)15-16-26-8-4-6-10-30(26)34-22-24-13-19-28(32-2)20-14-24/h3-14,17-20H,21-22H2,1-2H3. The summed E-state index contributed by atoms with van der Waals surface area (Å²) < 4.78 is 10.5. The molecule has 0 heterocycles. The highest BCUT2D eigenvalue weighted by atomic mass is 32.2. The van der Waals surface area contributed by atoms with Crippen LogP contribution in [0.15, 0.2) is 107 Å². The largest absolute Gasteiger partial charge is 0.497 e. The Kier molecular flexibility index (Phi) is 8.62. The van der Waals surface area contributed by atoms with Crippen molar-refractivity contribution >= 4 is 23.5 Å². The van der Waals surface area contributed by atoms with Crippen molar-refractivity contribution in [3.63, 3.8) is 0 Å². The van der Waals surface area contributed by atoms with Gasteiger partial charge in [0.25, 0.3) is 0 Å². The smallest absolute Gasteiger partial charge is 0.118 e. The summed E-state index contributed by atoms with van der Waals surface area (Å²) in [6.07, 6.45) is 0. The molecule has 4 heteroatoms. The molecule has 4 aromatic carbocycles. The van der Waals surface area contributed by atoms with Gasteiger partial charge in [-0.25, -0.2) is 0 Å². The average Bonchev–Trinajstić information content (AvgIpc) is 2.91. The first kappa shape index (κ1) is 23.9. The second-order valence-corrected chi connectivity index (χ2v) is 9.55. The SMILES string of the molecule is COc1ccc(CSc2ccccc2C#Cc2ccccc2SCc2ccc(OC)cc2)cc1. The number of benzene rings is 4. The maximum Gasteiger partial charge on any atom is 0.118 e. The average molecular weight is 483 g/mol. The Morgan fingerprint density at radius 3 is 1.29 bits per heavy atom. The van der Waals surface area contributed by atoms with Crippen LogP contribution >= 0.6 is 23.5 Å². The lowest BCUT2D eigenvalue weighted by Gasteiger charge is -2.07. The van der Waals surface area contributed by atoms with Crippen molar-refractivity contribution in [2.75, 3.05) is 14.2 Å². The molecule has 0 saturated carbocycles. The van der Waals surface area contributed by atoms with Gasteiger partial charge < -0.3 is 9.47 Å². The summed E-state index contributed by atoms with van der Waals surface area (Å²) >= 11 is 3.61. The molecular weight excluding hydrogens is 456 g/mol. The van der Waals surface area contributed by atoms with Gasteiger partial charge in [0.1, 0.15) is 11.5 Å². The van der Waals surface area contributed by atoms with Gasteiger partial charge in [0.05, 0.1) is 14.2 Å². The fraction of sp³-hybridized carbons (Fsp3) is 0.133. The number of rotatable bonds is 8. The van der Waals surface area contributed by atoms with E-state index in [9.17, 15) is 0 Å². The predicted octanol–water partition coefficient (Wildman–Crippen LogP) is 7.69. The third-order valence-corrected chi connectivity index (χ3v) is 7.50. The first-order chi connectivity index (χ1) is 16.7. The molecule has 0 spiro atoms. The molecule has 0 N–H and O–H groups in total. The third kappa shape index (κ3) is 6.63. The molecule has 0 bridgehead atoms. The Bertz CT molecular complexity index is 1170. The Labute approximate surface area is 210 Å². The number of ether oxygens (including phenoxy) is 2. The van der Waals surface area contributed by atoms with Crippen LogP contribution in [-0.4, -0.2) is 14.2 Å². The lowest BCUT2D eigenvalue weighted by molar-refractivity contribution is 0.414. The molecule has 0 atom stereocenters. The monoisotopic (exact) mass is 482 g/mol. The molecule has 0 aromatic heterocycles. The molecule has 0 fully saturated rings. The number of methoxy groups -OCH3 is 2. The zero-order chi connectivity index (χ0) is 23.6. The van der Waals surface area contributed by atoms with Gasteiger partial charge >= 0.3 is 0 Å². The fourth-order valence-corrected chi connectivity index (χ4v) is 5.22. The number of thioether (sulfide) groups is 2. The number of hydrogen-bond donors (Lipinski definition) is 0. The van der Waals surface area contributed by atoms with E-state index in [1.54, 1.807) is 37.7 Å². The zero-order valence-corrected chi connectivity index (χ0v) is 20.9. The van der Waals surface area contributed by atoms with Crippen LogP contribution in [0.25, 0.3) is 0 Å². The summed E-state index contributed by atoms with van der Waals surface area (Å²) in [5.74, 6) is 10.4. The minimum absolute atomic E-state index is 0.878. The minimum atomic E-state index is 0.878. The van der Waals surface area contributed by atoms with Crippen LogP contribution in [0.1, 0.15) is 22.3 Å². The maximum atomic E-state index is 5.25. The van der Waals surface area contributed by atoms with Crippen LogP contribution in [0.2, 0.25) is 0 Å². The van der Waals surface area contributed by atoms with Gasteiger partial charge in [-0.3, -0.25) is 0 Å². The van der Waals surface area contributed by atoms with Crippen molar-refractivity contribution in [3.05, 3.63) is 119 Å². The van der Waals surface area contributed by atoms with Gasteiger partial charge in [0.2, 0.25) is 0 Å². The highest BCUT2D eigenvalue weighted by molar-refractivity contribution is 7.98. The molecule has 4 aromatic rings. The summed E-state index contributed by atoms with van der Waals surface area (Å²) in [6, 6.07) is 33.1. The molecular formula is C30H26O2S2. The maximum absolute atomic E-state index is 5.25. The van der Waals surface area contributed by atoms with E-state index in [0.29, 0.717) is 0 Å². The Hall–Kier alpha value is -3.26. The highest BCUT2D eigenvalue weighted by Gasteiger charge is 2.04. The molecule has 0 aliphatic carbocycles. The molecule has 0 aliphatic rings. The van der Waals surface area contributed by atoms with E-state index < -0.39 is 0 Å². The van der Waals surface area contributed by atoms with Gasteiger partial charge in [0, 0.05) is 32.4 Å². The molecule has 0 unspecified atom stereocenters. The van der Waals surface area contributed by atoms with E-state index >= 15 is 0 Å². The summed E-state index contributed by atoms with van der Waals surface area (Å²) in [5.41, 5.74) is 4.62. The van der Waals surface area contributed by atoms with E-state index in [1.165, 1.54) is 20.9 Å². The lowest BCUT2D eigenvalue weighted by atomic mass is 10.2. The third-order valence-electron chi connectivity index (χ3n) is 5.21. The van der Waals surface area contributed by atoms with Crippen LogP contribution in [0.4, 0.5) is 0 Å². The van der Waals surface area contributed by atoms with Crippen LogP contribution in [0.5, 0.6) is 11.5 Å². The van der Waals surface area contributed by atoms with Gasteiger partial charge in [-0.05, 0) is 59.7 Å². The molecule has 170 valence electrons. The van der Waals surface area contributed by atoms with E-state index in [0.717, 1.165) is 34.1 Å². The van der Waals surface area contributed by atoms with Crippen LogP contribution in [0, 0.1) is 11.8 Å². The molecule has 0 saturated heterocycles. The van der Waals surface area contributed by atoms with Crippen molar-refractivity contribution in [1.82, 2.24) is 0 Å². The quantitative estimate of drug-likeness (QED) is 0.189. The zero-order valence-electron chi connectivity index (χ0n) is 19.3. The Morgan fingerprint density at radius 1 is 0.529 bits per heavy atom. The van der Waals surface area contributed by atoms with Crippen molar-refractivity contribution in [3.8, 4) is 23.3 Å². The highest BCUT2D eigenvalue weighted by Crippen LogP contribution is 2.28. The van der Waals surface area contributed by atoms with Crippen LogP contribution in [0.3, 0.4) is 0 Å². The van der Waals surface area contributed by atoms with Gasteiger partial charge in [-0.2, -0.15) is 0 Å². The van der Waals surface area contributed by atoms with Crippen molar-refractivity contribution in [1.29, 1.82) is 0 Å². The Morgan fingerprint density at radius 2 is 0.912 bits per heavy atom. The first-order valence-electron chi connectivity index (χ1n) is 11.0. The van der Waals surface area contributed by atoms with Crippen molar-refractivity contribution < 1.29 is 9.47 Å². The van der Waals surface area contributed by atoms with E-state index in [2.05, 4.69) is 72.5 Å². The van der Waals surface area contributed by atoms with Crippen molar-refractivity contribution in [2.24, 2.45) is 0 Å². The minimum Gasteiger partial charge on any atom is -0.497 e. The molecule has 4 rings (SSSR count). The summed E-state index contributed by atoms with van der Waals surface area (Å²) in [5, 5.41) is 0. The summed E-state index contributed by atoms with van der Waals surface area (Å²) in [6.45, 7) is 0. The summed E-state index contributed by atoms with van der Waals surface area (Å²) in [7, 11) is 3.38. The molecule has 2 nitrogen and oxygen atoms in total. The molecule has 0 aliphatic heterocycles. The fourth-order valence-electron chi connectivity index (χ4n) is 3.29. The van der Waals surface area contributed by atoms with E-state index in [1.807, 2.05) is 36.4 Å². The van der Waals surface area contributed by atoms with Crippen LogP contribution < -0.4 is 9.47 Å². The van der Waals surface area contributed by atoms with E-state index in [4.69, 9.17) is 9.47 Å². The van der Waals surface area contributed by atoms with Crippen LogP contribution in [-0.2, 0) is 11.5 Å². The Balaban J connectivity index is 1.46. The predicted molar refractivity (Wildman–Crippen MR) is 144 cm³/mol. The second-order valence-electron chi connectivity index (χ2n) is 7.52. The molecule has 34 heavy (non-hydrogen) atoms. The van der Waals surface area contributed by atoms with Gasteiger partial charge in [-0.15, -0.1) is 23.5 Å². The molecule has 0 radical (unpaired) electrons. The summed E-state index contributed by atoms with van der Waals surface area (Å²) in [4.78, 5) is 2.38. The number of hydrogen-bond acceptors (Lipinski definition) is 4. The van der Waals surface area contributed by atoms with E-state index in [-0.39, 0.29) is 0 Å².